The van der Waals surface area contributed by atoms with Crippen molar-refractivity contribution in [2.24, 2.45) is 0 Å². The van der Waals surface area contributed by atoms with Crippen LogP contribution < -0.4 is 9.47 Å². The number of aryl methyl sites for hydroxylation is 1. The normalized spacial score (nSPS) is 12.0. The number of rotatable bonds is 18. The highest BCUT2D eigenvalue weighted by atomic mass is 32.2. The fraction of sp³-hybridized carbons (Fsp3) is 0.441. The molecule has 43 heavy (non-hydrogen) atoms. The molecule has 0 N–H and O–H groups in total. The minimum atomic E-state index is -3.51. The second kappa shape index (κ2) is 15.9. The van der Waals surface area contributed by atoms with Crippen LogP contribution in [0.5, 0.6) is 11.5 Å². The maximum Gasteiger partial charge on any atom is 0.211 e. The fourth-order valence-electron chi connectivity index (χ4n) is 5.03. The van der Waals surface area contributed by atoms with Gasteiger partial charge in [-0.3, -0.25) is 0 Å². The molecule has 0 amide bonds. The molecule has 8 nitrogen and oxygen atoms in total. The largest absolute Gasteiger partial charge is 0.493 e. The number of hydrogen-bond acceptors (Lipinski definition) is 6. The highest BCUT2D eigenvalue weighted by Crippen LogP contribution is 2.25. The molecule has 0 saturated carbocycles. The van der Waals surface area contributed by atoms with Crippen LogP contribution in [0.3, 0.4) is 0 Å². The fourth-order valence-corrected chi connectivity index (χ4v) is 5.76. The lowest BCUT2D eigenvalue weighted by Crippen LogP contribution is -2.30. The summed E-state index contributed by atoms with van der Waals surface area (Å²) in [6.45, 7) is 11.9. The zero-order chi connectivity index (χ0) is 30.7. The number of aromatic nitrogens is 2. The zero-order valence-corrected chi connectivity index (χ0v) is 26.9. The SMILES string of the molecule is CCCCn1c(CN(Cc2ccc(OCc3ccccc3)cc2)S(C)(=O)=O)nc2ccc(OCCCN(CC)CC)cc21. The third kappa shape index (κ3) is 9.55. The Labute approximate surface area is 257 Å². The van der Waals surface area contributed by atoms with Crippen LogP contribution in [0.15, 0.2) is 72.8 Å². The first-order chi connectivity index (χ1) is 20.8. The van der Waals surface area contributed by atoms with Gasteiger partial charge in [-0.05, 0) is 61.3 Å². The lowest BCUT2D eigenvalue weighted by Gasteiger charge is -2.21. The molecule has 4 rings (SSSR count). The van der Waals surface area contributed by atoms with Crippen LogP contribution in [0.4, 0.5) is 0 Å². The zero-order valence-electron chi connectivity index (χ0n) is 26.0. The van der Waals surface area contributed by atoms with Crippen molar-refractivity contribution in [2.45, 2.75) is 66.3 Å². The molecule has 0 saturated heterocycles. The van der Waals surface area contributed by atoms with E-state index in [1.54, 1.807) is 0 Å². The van der Waals surface area contributed by atoms with E-state index in [1.807, 2.05) is 72.8 Å². The molecule has 4 aromatic rings. The Balaban J connectivity index is 1.48. The van der Waals surface area contributed by atoms with Gasteiger partial charge in [0.25, 0.3) is 0 Å². The molecule has 232 valence electrons. The Morgan fingerprint density at radius 3 is 2.21 bits per heavy atom. The maximum absolute atomic E-state index is 12.9. The number of ether oxygens (including phenoxy) is 2. The third-order valence-corrected chi connectivity index (χ3v) is 8.83. The quantitative estimate of drug-likeness (QED) is 0.121. The van der Waals surface area contributed by atoms with Gasteiger partial charge in [-0.1, -0.05) is 69.7 Å². The lowest BCUT2D eigenvalue weighted by atomic mass is 10.2. The molecule has 0 aliphatic heterocycles. The first kappa shape index (κ1) is 32.5. The average molecular weight is 607 g/mol. The number of imidazole rings is 1. The average Bonchev–Trinajstić information content (AvgIpc) is 3.35. The molecule has 0 atom stereocenters. The number of nitrogens with zero attached hydrogens (tertiary/aromatic N) is 4. The van der Waals surface area contributed by atoms with Gasteiger partial charge in [-0.25, -0.2) is 13.4 Å². The van der Waals surface area contributed by atoms with Gasteiger partial charge >= 0.3 is 0 Å². The van der Waals surface area contributed by atoms with Crippen molar-refractivity contribution >= 4 is 21.1 Å². The van der Waals surface area contributed by atoms with Crippen LogP contribution in [0.2, 0.25) is 0 Å². The Hall–Kier alpha value is -3.40. The summed E-state index contributed by atoms with van der Waals surface area (Å²) in [5, 5.41) is 0. The number of fused-ring (bicyclic) bond motifs is 1. The second-order valence-electron chi connectivity index (χ2n) is 10.9. The van der Waals surface area contributed by atoms with Crippen molar-refractivity contribution in [1.82, 2.24) is 18.8 Å². The first-order valence-electron chi connectivity index (χ1n) is 15.4. The van der Waals surface area contributed by atoms with E-state index in [0.717, 1.165) is 84.9 Å². The van der Waals surface area contributed by atoms with Crippen molar-refractivity contribution in [3.8, 4) is 11.5 Å². The molecule has 0 spiro atoms. The summed E-state index contributed by atoms with van der Waals surface area (Å²) in [7, 11) is -3.51. The lowest BCUT2D eigenvalue weighted by molar-refractivity contribution is 0.249. The number of unbranched alkanes of at least 4 members (excludes halogenated alkanes) is 1. The molecular weight excluding hydrogens is 560 g/mol. The van der Waals surface area contributed by atoms with Crippen LogP contribution in [-0.2, 0) is 36.3 Å². The maximum atomic E-state index is 12.9. The van der Waals surface area contributed by atoms with Gasteiger partial charge < -0.3 is 18.9 Å². The van der Waals surface area contributed by atoms with Gasteiger partial charge in [0.05, 0.1) is 30.4 Å². The Morgan fingerprint density at radius 2 is 1.53 bits per heavy atom. The molecule has 1 aromatic heterocycles. The third-order valence-electron chi connectivity index (χ3n) is 7.63. The van der Waals surface area contributed by atoms with Gasteiger partial charge in [0.2, 0.25) is 10.0 Å². The van der Waals surface area contributed by atoms with Gasteiger partial charge in [0.15, 0.2) is 0 Å². The van der Waals surface area contributed by atoms with Crippen molar-refractivity contribution in [3.05, 3.63) is 89.7 Å². The van der Waals surface area contributed by atoms with Crippen LogP contribution >= 0.6 is 0 Å². The predicted molar refractivity (Wildman–Crippen MR) is 174 cm³/mol. The van der Waals surface area contributed by atoms with Crippen LogP contribution in [-0.4, -0.2) is 59.7 Å². The summed E-state index contributed by atoms with van der Waals surface area (Å²) < 4.78 is 41.5. The minimum Gasteiger partial charge on any atom is -0.493 e. The molecule has 0 unspecified atom stereocenters. The monoisotopic (exact) mass is 606 g/mol. The van der Waals surface area contributed by atoms with Crippen LogP contribution in [0.25, 0.3) is 11.0 Å². The van der Waals surface area contributed by atoms with E-state index in [9.17, 15) is 8.42 Å². The minimum absolute atomic E-state index is 0.184. The van der Waals surface area contributed by atoms with E-state index in [2.05, 4.69) is 30.2 Å². The standard InChI is InChI=1S/C34H46N4O4S/c1-5-8-22-38-33-24-31(41-23-12-21-36(6-2)7-3)19-20-32(33)35-34(38)26-37(43(4,39)40)25-28-15-17-30(18-16-28)42-27-29-13-10-9-11-14-29/h9-11,13-20,24H,5-8,12,21-23,25-27H2,1-4H3. The van der Waals surface area contributed by atoms with Gasteiger partial charge in [0, 0.05) is 25.7 Å². The van der Waals surface area contributed by atoms with Gasteiger partial charge in [-0.2, -0.15) is 4.31 Å². The van der Waals surface area contributed by atoms with E-state index in [4.69, 9.17) is 14.5 Å². The number of sulfonamides is 1. The smallest absolute Gasteiger partial charge is 0.211 e. The number of benzene rings is 3. The molecule has 0 aliphatic rings. The van der Waals surface area contributed by atoms with Crippen molar-refractivity contribution in [1.29, 1.82) is 0 Å². The van der Waals surface area contributed by atoms with Gasteiger partial charge in [-0.15, -0.1) is 0 Å². The summed E-state index contributed by atoms with van der Waals surface area (Å²) >= 11 is 0. The summed E-state index contributed by atoms with van der Waals surface area (Å²) in [5.41, 5.74) is 3.79. The molecule has 0 radical (unpaired) electrons. The Morgan fingerprint density at radius 1 is 0.814 bits per heavy atom. The molecule has 0 aliphatic carbocycles. The summed E-state index contributed by atoms with van der Waals surface area (Å²) in [6, 6.07) is 23.6. The first-order valence-corrected chi connectivity index (χ1v) is 17.2. The van der Waals surface area contributed by atoms with E-state index in [0.29, 0.717) is 13.2 Å². The van der Waals surface area contributed by atoms with E-state index < -0.39 is 10.0 Å². The van der Waals surface area contributed by atoms with Crippen LogP contribution in [0, 0.1) is 0 Å². The topological polar surface area (TPSA) is 76.9 Å². The van der Waals surface area contributed by atoms with Crippen molar-refractivity contribution in [2.75, 3.05) is 32.5 Å². The molecule has 9 heteroatoms. The molecular formula is C34H46N4O4S. The summed E-state index contributed by atoms with van der Waals surface area (Å²) in [6.07, 6.45) is 4.21. The Kier molecular flexibility index (Phi) is 12.0. The van der Waals surface area contributed by atoms with Gasteiger partial charge in [0.1, 0.15) is 23.9 Å². The van der Waals surface area contributed by atoms with Crippen LogP contribution in [0.1, 0.15) is 57.0 Å². The summed E-state index contributed by atoms with van der Waals surface area (Å²) in [5.74, 6) is 2.28. The number of hydrogen-bond donors (Lipinski definition) is 0. The van der Waals surface area contributed by atoms with E-state index >= 15 is 0 Å². The summed E-state index contributed by atoms with van der Waals surface area (Å²) in [4.78, 5) is 7.27. The molecule has 1 heterocycles. The molecule has 3 aromatic carbocycles. The van der Waals surface area contributed by atoms with E-state index in [1.165, 1.54) is 10.6 Å². The van der Waals surface area contributed by atoms with Crippen molar-refractivity contribution in [3.63, 3.8) is 0 Å². The molecule has 0 fully saturated rings. The predicted octanol–water partition coefficient (Wildman–Crippen LogP) is 6.49. The highest BCUT2D eigenvalue weighted by molar-refractivity contribution is 7.88. The molecule has 0 bridgehead atoms. The Bertz CT molecular complexity index is 1520. The van der Waals surface area contributed by atoms with Crippen molar-refractivity contribution < 1.29 is 17.9 Å². The highest BCUT2D eigenvalue weighted by Gasteiger charge is 2.22. The second-order valence-corrected chi connectivity index (χ2v) is 12.8. The van der Waals surface area contributed by atoms with E-state index in [-0.39, 0.29) is 13.1 Å².